The Balaban J connectivity index is 2.64. The van der Waals surface area contributed by atoms with Gasteiger partial charge in [0.1, 0.15) is 6.04 Å². The summed E-state index contributed by atoms with van der Waals surface area (Å²) in [6.45, 7) is 1.65. The van der Waals surface area contributed by atoms with Crippen LogP contribution in [0.5, 0.6) is 0 Å². The van der Waals surface area contributed by atoms with Crippen LogP contribution in [0.1, 0.15) is 6.92 Å². The molecule has 1 rings (SSSR count). The number of hydrogen-bond acceptors (Lipinski definition) is 7. The van der Waals surface area contributed by atoms with Crippen LogP contribution < -0.4 is 5.32 Å². The van der Waals surface area contributed by atoms with E-state index in [4.69, 9.17) is 9.84 Å². The molecule has 6 nitrogen and oxygen atoms in total. The highest BCUT2D eigenvalue weighted by Gasteiger charge is 2.44. The van der Waals surface area contributed by atoms with Gasteiger partial charge in [0.25, 0.3) is 6.47 Å². The minimum atomic E-state index is -1.11. The summed E-state index contributed by atoms with van der Waals surface area (Å²) in [4.78, 5) is 31.9. The van der Waals surface area contributed by atoms with Crippen LogP contribution in [0.2, 0.25) is 0 Å². The highest BCUT2D eigenvalue weighted by Crippen LogP contribution is 2.34. The summed E-state index contributed by atoms with van der Waals surface area (Å²) in [5.41, 5.74) is 0. The third kappa shape index (κ3) is 3.39. The normalized spacial score (nSPS) is 28.7. The van der Waals surface area contributed by atoms with Crippen LogP contribution in [-0.4, -0.2) is 45.3 Å². The SMILES string of the molecule is CC(=O)SCC1(OC=O)N[C@H](C(=O)O)CS1. The van der Waals surface area contributed by atoms with Crippen molar-refractivity contribution in [1.82, 2.24) is 5.32 Å². The van der Waals surface area contributed by atoms with Crippen LogP contribution in [0.15, 0.2) is 0 Å². The highest BCUT2D eigenvalue weighted by atomic mass is 32.2. The van der Waals surface area contributed by atoms with Crippen LogP contribution >= 0.6 is 23.5 Å². The molecule has 1 fully saturated rings. The van der Waals surface area contributed by atoms with E-state index < -0.39 is 17.1 Å². The minimum Gasteiger partial charge on any atom is -0.480 e. The van der Waals surface area contributed by atoms with E-state index in [1.807, 2.05) is 0 Å². The number of carboxylic acid groups (broad SMARTS) is 1. The Morgan fingerprint density at radius 3 is 2.88 bits per heavy atom. The van der Waals surface area contributed by atoms with Gasteiger partial charge in [-0.3, -0.25) is 19.7 Å². The van der Waals surface area contributed by atoms with E-state index in [0.29, 0.717) is 5.75 Å². The van der Waals surface area contributed by atoms with Crippen molar-refractivity contribution in [2.24, 2.45) is 0 Å². The van der Waals surface area contributed by atoms with Crippen LogP contribution in [0.25, 0.3) is 0 Å². The van der Waals surface area contributed by atoms with Gasteiger partial charge in [-0.2, -0.15) is 0 Å². The molecule has 8 heteroatoms. The number of carbonyl (C=O) groups excluding carboxylic acids is 2. The lowest BCUT2D eigenvalue weighted by atomic mass is 10.3. The van der Waals surface area contributed by atoms with Crippen molar-refractivity contribution in [2.45, 2.75) is 18.0 Å². The molecular formula is C8H11NO5S2. The second-order valence-electron chi connectivity index (χ2n) is 3.09. The second kappa shape index (κ2) is 5.55. The second-order valence-corrected chi connectivity index (χ2v) is 5.53. The molecule has 0 amide bonds. The first-order valence-electron chi connectivity index (χ1n) is 4.38. The molecule has 0 aromatic carbocycles. The van der Waals surface area contributed by atoms with Crippen molar-refractivity contribution in [1.29, 1.82) is 0 Å². The van der Waals surface area contributed by atoms with Gasteiger partial charge in [-0.1, -0.05) is 23.5 Å². The molecule has 1 aliphatic heterocycles. The number of carbonyl (C=O) groups is 3. The predicted octanol–water partition coefficient (Wildman–Crippen LogP) is -0.117. The van der Waals surface area contributed by atoms with Gasteiger partial charge < -0.3 is 9.84 Å². The van der Waals surface area contributed by atoms with Crippen molar-refractivity contribution in [3.63, 3.8) is 0 Å². The van der Waals surface area contributed by atoms with E-state index in [9.17, 15) is 14.4 Å². The first-order chi connectivity index (χ1) is 7.49. The number of aliphatic carboxylic acids is 1. The Bertz CT molecular complexity index is 311. The van der Waals surface area contributed by atoms with Gasteiger partial charge >= 0.3 is 5.97 Å². The third-order valence-electron chi connectivity index (χ3n) is 1.88. The molecule has 2 atom stereocenters. The molecule has 1 aliphatic rings. The number of ether oxygens (including phenoxy) is 1. The summed E-state index contributed by atoms with van der Waals surface area (Å²) in [5.74, 6) is -0.520. The Morgan fingerprint density at radius 1 is 1.75 bits per heavy atom. The van der Waals surface area contributed by atoms with Crippen LogP contribution in [0.4, 0.5) is 0 Å². The molecule has 0 aliphatic carbocycles. The lowest BCUT2D eigenvalue weighted by molar-refractivity contribution is -0.143. The summed E-state index contributed by atoms with van der Waals surface area (Å²) in [6, 6.07) is -0.766. The highest BCUT2D eigenvalue weighted by molar-refractivity contribution is 8.14. The smallest absolute Gasteiger partial charge is 0.321 e. The zero-order valence-corrected chi connectivity index (χ0v) is 10.1. The molecule has 0 aromatic rings. The van der Waals surface area contributed by atoms with Gasteiger partial charge in [-0.25, -0.2) is 0 Å². The first kappa shape index (κ1) is 13.3. The predicted molar refractivity (Wildman–Crippen MR) is 60.0 cm³/mol. The van der Waals surface area contributed by atoms with Crippen molar-refractivity contribution >= 4 is 41.1 Å². The molecule has 0 bridgehead atoms. The van der Waals surface area contributed by atoms with Crippen LogP contribution in [-0.2, 0) is 19.1 Å². The fourth-order valence-corrected chi connectivity index (χ4v) is 3.21. The molecule has 0 radical (unpaired) electrons. The Morgan fingerprint density at radius 2 is 2.44 bits per heavy atom. The summed E-state index contributed by atoms with van der Waals surface area (Å²) in [7, 11) is 0. The molecule has 16 heavy (non-hydrogen) atoms. The van der Waals surface area contributed by atoms with Crippen molar-refractivity contribution in [3.8, 4) is 0 Å². The van der Waals surface area contributed by atoms with Crippen LogP contribution in [0, 0.1) is 0 Å². The zero-order chi connectivity index (χ0) is 12.2. The van der Waals surface area contributed by atoms with Gasteiger partial charge in [0.05, 0.1) is 5.75 Å². The van der Waals surface area contributed by atoms with Gasteiger partial charge in [0, 0.05) is 12.7 Å². The minimum absolute atomic E-state index is 0.116. The van der Waals surface area contributed by atoms with Gasteiger partial charge in [0.15, 0.2) is 5.12 Å². The fourth-order valence-electron chi connectivity index (χ4n) is 1.16. The maximum absolute atomic E-state index is 10.8. The molecule has 0 aromatic heterocycles. The quantitative estimate of drug-likeness (QED) is 0.665. The summed E-state index contributed by atoms with van der Waals surface area (Å²) < 4.78 is 4.86. The largest absolute Gasteiger partial charge is 0.480 e. The molecule has 1 heterocycles. The van der Waals surface area contributed by atoms with E-state index in [-0.39, 0.29) is 17.3 Å². The summed E-state index contributed by atoms with van der Waals surface area (Å²) >= 11 is 2.16. The molecular weight excluding hydrogens is 254 g/mol. The number of nitrogens with one attached hydrogen (secondary N) is 1. The fraction of sp³-hybridized carbons (Fsp3) is 0.625. The van der Waals surface area contributed by atoms with Crippen LogP contribution in [0.3, 0.4) is 0 Å². The summed E-state index contributed by atoms with van der Waals surface area (Å²) in [6.07, 6.45) is 0. The molecule has 0 saturated carbocycles. The van der Waals surface area contributed by atoms with Gasteiger partial charge in [0.2, 0.25) is 5.06 Å². The average molecular weight is 265 g/mol. The number of hydrogen-bond donors (Lipinski definition) is 2. The van der Waals surface area contributed by atoms with E-state index in [2.05, 4.69) is 5.32 Å². The van der Waals surface area contributed by atoms with Gasteiger partial charge in [-0.05, 0) is 0 Å². The molecule has 1 unspecified atom stereocenters. The topological polar surface area (TPSA) is 92.7 Å². The van der Waals surface area contributed by atoms with E-state index in [0.717, 1.165) is 11.8 Å². The maximum Gasteiger partial charge on any atom is 0.321 e. The lowest BCUT2D eigenvalue weighted by Crippen LogP contribution is -2.48. The summed E-state index contributed by atoms with van der Waals surface area (Å²) in [5, 5.41) is 10.3. The number of rotatable bonds is 5. The monoisotopic (exact) mass is 265 g/mol. The van der Waals surface area contributed by atoms with E-state index in [1.54, 1.807) is 0 Å². The lowest BCUT2D eigenvalue weighted by Gasteiger charge is -2.25. The standard InChI is InChI=1S/C8H11NO5S2/c1-5(11)15-3-8(14-4-10)9-6(2-16-8)7(12)13/h4,6,9H,2-3H2,1H3,(H,12,13)/t6-,8?/m0/s1. The molecule has 2 N–H and O–H groups in total. The van der Waals surface area contributed by atoms with Gasteiger partial charge in [-0.15, -0.1) is 0 Å². The average Bonchev–Trinajstić information content (AvgIpc) is 2.61. The zero-order valence-electron chi connectivity index (χ0n) is 8.47. The number of carboxylic acids is 1. The number of thioether (sulfide) groups is 2. The Labute approximate surface area is 100 Å². The molecule has 0 spiro atoms. The van der Waals surface area contributed by atoms with E-state index >= 15 is 0 Å². The third-order valence-corrected chi connectivity index (χ3v) is 4.34. The molecule has 1 saturated heterocycles. The first-order valence-corrected chi connectivity index (χ1v) is 6.35. The van der Waals surface area contributed by atoms with E-state index in [1.165, 1.54) is 18.7 Å². The Kier molecular flexibility index (Phi) is 4.63. The van der Waals surface area contributed by atoms with Crippen molar-refractivity contribution in [3.05, 3.63) is 0 Å². The maximum atomic E-state index is 10.8. The molecule has 90 valence electrons. The Hall–Kier alpha value is -0.730. The van der Waals surface area contributed by atoms with Crippen molar-refractivity contribution in [2.75, 3.05) is 11.5 Å². The van der Waals surface area contributed by atoms with Crippen molar-refractivity contribution < 1.29 is 24.2 Å².